The van der Waals surface area contributed by atoms with Gasteiger partial charge < -0.3 is 16.0 Å². The lowest BCUT2D eigenvalue weighted by molar-refractivity contribution is 0.532. The van der Waals surface area contributed by atoms with Gasteiger partial charge in [-0.05, 0) is 50.1 Å². The monoisotopic (exact) mass is 456 g/mol. The summed E-state index contributed by atoms with van der Waals surface area (Å²) >= 11 is 0. The van der Waals surface area contributed by atoms with Crippen LogP contribution in [-0.4, -0.2) is 37.8 Å². The number of benzene rings is 1. The number of hydrogen-bond acceptors (Lipinski definition) is 7. The maximum absolute atomic E-state index is 13.7. The first kappa shape index (κ1) is 20.6. The predicted molar refractivity (Wildman–Crippen MR) is 130 cm³/mol. The van der Waals surface area contributed by atoms with Crippen molar-refractivity contribution >= 4 is 23.3 Å². The molecule has 1 unspecified atom stereocenters. The Kier molecular flexibility index (Phi) is 4.72. The first-order valence-electron chi connectivity index (χ1n) is 11.4. The Hall–Kier alpha value is -4.01. The van der Waals surface area contributed by atoms with E-state index in [1.54, 1.807) is 12.1 Å². The third kappa shape index (κ3) is 3.44. The zero-order valence-electron chi connectivity index (χ0n) is 19.0. The number of fused-ring (bicyclic) bond motifs is 2. The second kappa shape index (κ2) is 7.79. The Labute approximate surface area is 196 Å². The molecular formula is C25H25FN8. The fourth-order valence-corrected chi connectivity index (χ4v) is 4.79. The molecule has 0 radical (unpaired) electrons. The average Bonchev–Trinajstić information content (AvgIpc) is 3.55. The quantitative estimate of drug-likeness (QED) is 0.473. The molecule has 0 saturated heterocycles. The summed E-state index contributed by atoms with van der Waals surface area (Å²) < 4.78 is 15.6. The van der Waals surface area contributed by atoms with E-state index in [0.717, 1.165) is 58.2 Å². The lowest BCUT2D eigenvalue weighted by atomic mass is 9.96. The van der Waals surface area contributed by atoms with Crippen LogP contribution in [0.2, 0.25) is 0 Å². The minimum absolute atomic E-state index is 0.0121. The summed E-state index contributed by atoms with van der Waals surface area (Å²) in [4.78, 5) is 15.8. The van der Waals surface area contributed by atoms with Gasteiger partial charge in [-0.2, -0.15) is 10.1 Å². The summed E-state index contributed by atoms with van der Waals surface area (Å²) in [6.45, 7) is 5.60. The molecule has 0 spiro atoms. The van der Waals surface area contributed by atoms with Crippen LogP contribution >= 0.6 is 0 Å². The van der Waals surface area contributed by atoms with Crippen molar-refractivity contribution in [1.82, 2.24) is 24.7 Å². The standard InChI is InChI=1S/C25H25FN8/c1-14(2)34-13-17(11-30-34)16-8-19-20(12-29-24(19)28-10-16)21-9-23(32-25(27)31-21)33-6-5-15-7-18(26)3-4-22(15)33/h3-4,7-11,13-14,20H,5-6,12H2,1-2H3,(H,28,29)(H2,27,31,32). The Balaban J connectivity index is 1.36. The van der Waals surface area contributed by atoms with Crippen LogP contribution in [0.15, 0.2) is 48.9 Å². The van der Waals surface area contributed by atoms with Gasteiger partial charge in [0.2, 0.25) is 5.95 Å². The molecule has 8 nitrogen and oxygen atoms in total. The fourth-order valence-electron chi connectivity index (χ4n) is 4.79. The Morgan fingerprint density at radius 2 is 2.00 bits per heavy atom. The number of nitrogens with two attached hydrogens (primary N) is 1. The highest BCUT2D eigenvalue weighted by molar-refractivity contribution is 5.70. The average molecular weight is 457 g/mol. The highest BCUT2D eigenvalue weighted by Crippen LogP contribution is 2.39. The smallest absolute Gasteiger partial charge is 0.222 e. The summed E-state index contributed by atoms with van der Waals surface area (Å²) in [6.07, 6.45) is 6.54. The van der Waals surface area contributed by atoms with Crippen molar-refractivity contribution in [2.24, 2.45) is 0 Å². The van der Waals surface area contributed by atoms with Gasteiger partial charge in [-0.25, -0.2) is 14.4 Å². The Morgan fingerprint density at radius 1 is 1.12 bits per heavy atom. The number of anilines is 4. The summed E-state index contributed by atoms with van der Waals surface area (Å²) in [6, 6.07) is 9.30. The van der Waals surface area contributed by atoms with E-state index in [1.807, 2.05) is 29.3 Å². The van der Waals surface area contributed by atoms with E-state index in [4.69, 9.17) is 5.73 Å². The van der Waals surface area contributed by atoms with E-state index >= 15 is 0 Å². The molecule has 2 aliphatic rings. The van der Waals surface area contributed by atoms with E-state index in [2.05, 4.69) is 50.2 Å². The predicted octanol–water partition coefficient (Wildman–Crippen LogP) is 4.29. The molecule has 0 aliphatic carbocycles. The SMILES string of the molecule is CC(C)n1cc(-c2cnc3c(c2)C(c2cc(N4CCc5cc(F)ccc54)nc(N)n2)CN3)cn1. The van der Waals surface area contributed by atoms with Crippen LogP contribution in [0.3, 0.4) is 0 Å². The maximum atomic E-state index is 13.7. The van der Waals surface area contributed by atoms with Crippen LogP contribution in [-0.2, 0) is 6.42 Å². The molecule has 6 rings (SSSR count). The maximum Gasteiger partial charge on any atom is 0.222 e. The van der Waals surface area contributed by atoms with Crippen LogP contribution in [0.4, 0.5) is 27.7 Å². The number of hydrogen-bond donors (Lipinski definition) is 2. The number of nitrogen functional groups attached to an aromatic ring is 1. The highest BCUT2D eigenvalue weighted by atomic mass is 19.1. The van der Waals surface area contributed by atoms with Crippen molar-refractivity contribution in [3.63, 3.8) is 0 Å². The van der Waals surface area contributed by atoms with Gasteiger partial charge in [0.1, 0.15) is 17.5 Å². The lowest BCUT2D eigenvalue weighted by Gasteiger charge is -2.20. The molecule has 1 atom stereocenters. The molecule has 3 aromatic heterocycles. The molecule has 0 saturated carbocycles. The topological polar surface area (TPSA) is 97.8 Å². The number of aromatic nitrogens is 5. The molecular weight excluding hydrogens is 431 g/mol. The number of pyridine rings is 1. The molecule has 0 bridgehead atoms. The van der Waals surface area contributed by atoms with Gasteiger partial charge in [-0.1, -0.05) is 0 Å². The summed E-state index contributed by atoms with van der Waals surface area (Å²) in [5.41, 5.74) is 12.0. The highest BCUT2D eigenvalue weighted by Gasteiger charge is 2.29. The van der Waals surface area contributed by atoms with E-state index in [1.165, 1.54) is 6.07 Å². The molecule has 2 aliphatic heterocycles. The van der Waals surface area contributed by atoms with Gasteiger partial charge in [0.15, 0.2) is 0 Å². The number of halogens is 1. The molecule has 172 valence electrons. The second-order valence-corrected chi connectivity index (χ2v) is 9.08. The van der Waals surface area contributed by atoms with Gasteiger partial charge in [-0.15, -0.1) is 0 Å². The number of rotatable bonds is 4. The molecule has 1 aromatic carbocycles. The van der Waals surface area contributed by atoms with Crippen molar-refractivity contribution in [1.29, 1.82) is 0 Å². The largest absolute Gasteiger partial charge is 0.369 e. The van der Waals surface area contributed by atoms with Crippen LogP contribution < -0.4 is 16.0 Å². The van der Waals surface area contributed by atoms with Crippen LogP contribution in [0.5, 0.6) is 0 Å². The summed E-state index contributed by atoms with van der Waals surface area (Å²) in [5, 5.41) is 7.85. The zero-order chi connectivity index (χ0) is 23.4. The second-order valence-electron chi connectivity index (χ2n) is 9.08. The van der Waals surface area contributed by atoms with Crippen molar-refractivity contribution < 1.29 is 4.39 Å². The normalized spacial score (nSPS) is 16.6. The lowest BCUT2D eigenvalue weighted by Crippen LogP contribution is -2.18. The van der Waals surface area contributed by atoms with E-state index in [-0.39, 0.29) is 17.7 Å². The number of nitrogens with zero attached hydrogens (tertiary/aromatic N) is 6. The first-order chi connectivity index (χ1) is 16.5. The molecule has 34 heavy (non-hydrogen) atoms. The Bertz CT molecular complexity index is 1400. The van der Waals surface area contributed by atoms with Gasteiger partial charge in [0, 0.05) is 65.9 Å². The third-order valence-corrected chi connectivity index (χ3v) is 6.55. The Morgan fingerprint density at radius 3 is 2.82 bits per heavy atom. The minimum atomic E-state index is -0.223. The van der Waals surface area contributed by atoms with Crippen molar-refractivity contribution in [3.05, 3.63) is 71.6 Å². The fraction of sp³-hybridized carbons (Fsp3) is 0.280. The third-order valence-electron chi connectivity index (χ3n) is 6.55. The zero-order valence-corrected chi connectivity index (χ0v) is 19.0. The van der Waals surface area contributed by atoms with Gasteiger partial charge in [0.05, 0.1) is 11.9 Å². The van der Waals surface area contributed by atoms with E-state index in [9.17, 15) is 4.39 Å². The van der Waals surface area contributed by atoms with Crippen LogP contribution in [0.25, 0.3) is 11.1 Å². The summed E-state index contributed by atoms with van der Waals surface area (Å²) in [7, 11) is 0. The van der Waals surface area contributed by atoms with Crippen molar-refractivity contribution in [2.75, 3.05) is 29.0 Å². The molecule has 3 N–H and O–H groups in total. The number of nitrogens with one attached hydrogen (secondary N) is 1. The minimum Gasteiger partial charge on any atom is -0.369 e. The molecule has 0 fully saturated rings. The van der Waals surface area contributed by atoms with E-state index in [0.29, 0.717) is 12.6 Å². The molecule has 0 amide bonds. The van der Waals surface area contributed by atoms with Gasteiger partial charge >= 0.3 is 0 Å². The van der Waals surface area contributed by atoms with Crippen molar-refractivity contribution in [3.8, 4) is 11.1 Å². The van der Waals surface area contributed by atoms with Crippen molar-refractivity contribution in [2.45, 2.75) is 32.2 Å². The molecule has 9 heteroatoms. The molecule has 4 aromatic rings. The molecule has 5 heterocycles. The van der Waals surface area contributed by atoms with Crippen LogP contribution in [0.1, 0.15) is 42.6 Å². The van der Waals surface area contributed by atoms with Gasteiger partial charge in [-0.3, -0.25) is 4.68 Å². The first-order valence-corrected chi connectivity index (χ1v) is 11.4. The van der Waals surface area contributed by atoms with E-state index < -0.39 is 0 Å². The van der Waals surface area contributed by atoms with Crippen LogP contribution in [0, 0.1) is 5.82 Å². The summed E-state index contributed by atoms with van der Waals surface area (Å²) in [5.74, 6) is 1.56. The van der Waals surface area contributed by atoms with Gasteiger partial charge in [0.25, 0.3) is 0 Å².